The van der Waals surface area contributed by atoms with E-state index in [-0.39, 0.29) is 5.91 Å². The highest BCUT2D eigenvalue weighted by Gasteiger charge is 2.34. The van der Waals surface area contributed by atoms with Crippen LogP contribution in [0, 0.1) is 5.92 Å². The molecule has 2 saturated heterocycles. The molecule has 1 aromatic rings. The van der Waals surface area contributed by atoms with Crippen LogP contribution in [0.25, 0.3) is 0 Å². The molecule has 7 heteroatoms. The third kappa shape index (κ3) is 3.26. The summed E-state index contributed by atoms with van der Waals surface area (Å²) < 4.78 is 0. The van der Waals surface area contributed by atoms with Crippen LogP contribution in [0.1, 0.15) is 34.8 Å². The maximum Gasteiger partial charge on any atom is 0.294 e. The molecule has 2 fully saturated rings. The van der Waals surface area contributed by atoms with Crippen molar-refractivity contribution in [2.45, 2.75) is 31.8 Å². The van der Waals surface area contributed by atoms with E-state index in [2.05, 4.69) is 27.3 Å². The van der Waals surface area contributed by atoms with E-state index >= 15 is 0 Å². The van der Waals surface area contributed by atoms with E-state index in [1.807, 2.05) is 5.38 Å². The van der Waals surface area contributed by atoms with E-state index in [0.29, 0.717) is 5.01 Å². The highest BCUT2D eigenvalue weighted by Crippen LogP contribution is 2.30. The summed E-state index contributed by atoms with van der Waals surface area (Å²) in [6, 6.07) is 0.754. The number of likely N-dealkylation sites (tertiary alicyclic amines) is 2. The van der Waals surface area contributed by atoms with E-state index in [4.69, 9.17) is 5.84 Å². The number of aromatic nitrogens is 1. The second-order valence-electron chi connectivity index (χ2n) is 6.09. The first kappa shape index (κ1) is 14.9. The number of rotatable bonds is 3. The number of piperidine rings is 2. The predicted octanol–water partition coefficient (Wildman–Crippen LogP) is 0.663. The maximum atomic E-state index is 11.4. The lowest BCUT2D eigenvalue weighted by Gasteiger charge is -2.45. The summed E-state index contributed by atoms with van der Waals surface area (Å²) >= 11 is 1.36. The molecule has 0 bridgehead atoms. The average Bonchev–Trinajstić information content (AvgIpc) is 2.95. The standard InChI is InChI=1S/C14H23N5OS/c1-18-5-2-3-10-7-19(6-4-12(10)18)8-11-9-21-14(16-11)13(20)17-15/h9-10,12H,2-8,15H2,1H3,(H,17,20). The number of hydrogen-bond donors (Lipinski definition) is 2. The van der Waals surface area contributed by atoms with Crippen molar-refractivity contribution in [2.24, 2.45) is 11.8 Å². The Hall–Kier alpha value is -1.02. The number of nitrogens with one attached hydrogen (secondary N) is 1. The number of nitrogen functional groups attached to an aromatic ring is 1. The zero-order valence-electron chi connectivity index (χ0n) is 12.4. The zero-order valence-corrected chi connectivity index (χ0v) is 13.2. The van der Waals surface area contributed by atoms with Crippen LogP contribution in [0.15, 0.2) is 5.38 Å². The third-order valence-corrected chi connectivity index (χ3v) is 5.58. The number of hydrazine groups is 1. The van der Waals surface area contributed by atoms with Crippen LogP contribution in [-0.4, -0.2) is 53.4 Å². The summed E-state index contributed by atoms with van der Waals surface area (Å²) in [5, 5.41) is 2.41. The molecule has 3 rings (SSSR count). The molecule has 1 aromatic heterocycles. The van der Waals surface area contributed by atoms with E-state index in [1.54, 1.807) is 0 Å². The summed E-state index contributed by atoms with van der Waals surface area (Å²) in [5.41, 5.74) is 3.10. The molecular weight excluding hydrogens is 286 g/mol. The fourth-order valence-corrected chi connectivity index (χ4v) is 4.36. The molecule has 2 aliphatic rings. The van der Waals surface area contributed by atoms with Gasteiger partial charge in [-0.25, -0.2) is 10.8 Å². The monoisotopic (exact) mass is 309 g/mol. The van der Waals surface area contributed by atoms with Crippen molar-refractivity contribution in [1.29, 1.82) is 0 Å². The van der Waals surface area contributed by atoms with Gasteiger partial charge in [0, 0.05) is 31.1 Å². The first-order valence-electron chi connectivity index (χ1n) is 7.55. The summed E-state index contributed by atoms with van der Waals surface area (Å²) in [6.45, 7) is 4.33. The van der Waals surface area contributed by atoms with Crippen molar-refractivity contribution in [2.75, 3.05) is 26.7 Å². The van der Waals surface area contributed by atoms with Gasteiger partial charge >= 0.3 is 0 Å². The molecule has 0 aromatic carbocycles. The molecule has 3 heterocycles. The first-order chi connectivity index (χ1) is 10.2. The molecule has 2 atom stereocenters. The molecule has 0 aliphatic carbocycles. The topological polar surface area (TPSA) is 74.5 Å². The molecule has 21 heavy (non-hydrogen) atoms. The molecule has 0 spiro atoms. The van der Waals surface area contributed by atoms with E-state index in [9.17, 15) is 4.79 Å². The van der Waals surface area contributed by atoms with Gasteiger partial charge < -0.3 is 4.90 Å². The number of nitrogens with zero attached hydrogens (tertiary/aromatic N) is 3. The number of nitrogens with two attached hydrogens (primary N) is 1. The average molecular weight is 309 g/mol. The summed E-state index contributed by atoms with van der Waals surface area (Å²) in [6.07, 6.45) is 3.88. The largest absolute Gasteiger partial charge is 0.303 e. The summed E-state index contributed by atoms with van der Waals surface area (Å²) in [4.78, 5) is 20.8. The molecule has 6 nitrogen and oxygen atoms in total. The van der Waals surface area contributed by atoms with Gasteiger partial charge in [0.2, 0.25) is 0 Å². The Bertz CT molecular complexity index is 505. The number of amides is 1. The SMILES string of the molecule is CN1CCCC2CN(Cc3csc(C(=O)NN)n3)CCC21. The van der Waals surface area contributed by atoms with Crippen LogP contribution in [0.2, 0.25) is 0 Å². The number of carbonyl (C=O) groups excluding carboxylic acids is 1. The molecule has 0 saturated carbocycles. The minimum absolute atomic E-state index is 0.307. The lowest BCUT2D eigenvalue weighted by molar-refractivity contribution is 0.0350. The van der Waals surface area contributed by atoms with Gasteiger partial charge in [-0.15, -0.1) is 11.3 Å². The minimum atomic E-state index is -0.307. The van der Waals surface area contributed by atoms with Crippen molar-refractivity contribution >= 4 is 17.2 Å². The number of carbonyl (C=O) groups is 1. The van der Waals surface area contributed by atoms with Crippen LogP contribution < -0.4 is 11.3 Å². The van der Waals surface area contributed by atoms with Gasteiger partial charge in [-0.3, -0.25) is 15.1 Å². The van der Waals surface area contributed by atoms with Crippen LogP contribution in [0.4, 0.5) is 0 Å². The lowest BCUT2D eigenvalue weighted by Crippen LogP contribution is -2.52. The fourth-order valence-electron chi connectivity index (χ4n) is 3.65. The zero-order chi connectivity index (χ0) is 14.8. The van der Waals surface area contributed by atoms with Crippen LogP contribution in [0.5, 0.6) is 0 Å². The predicted molar refractivity (Wildman–Crippen MR) is 82.8 cm³/mol. The van der Waals surface area contributed by atoms with Gasteiger partial charge in [0.1, 0.15) is 0 Å². The molecule has 116 valence electrons. The Balaban J connectivity index is 1.59. The van der Waals surface area contributed by atoms with Crippen molar-refractivity contribution in [1.82, 2.24) is 20.2 Å². The van der Waals surface area contributed by atoms with Crippen molar-refractivity contribution in [3.05, 3.63) is 16.1 Å². The first-order valence-corrected chi connectivity index (χ1v) is 8.43. The second kappa shape index (κ2) is 6.39. The van der Waals surface area contributed by atoms with E-state index < -0.39 is 0 Å². The highest BCUT2D eigenvalue weighted by molar-refractivity contribution is 7.11. The molecule has 2 aliphatic heterocycles. The summed E-state index contributed by atoms with van der Waals surface area (Å²) in [7, 11) is 2.25. The number of hydrogen-bond acceptors (Lipinski definition) is 6. The Morgan fingerprint density at radius 2 is 2.38 bits per heavy atom. The Labute approximate surface area is 129 Å². The van der Waals surface area contributed by atoms with Gasteiger partial charge in [0.15, 0.2) is 5.01 Å². The molecule has 3 N–H and O–H groups in total. The van der Waals surface area contributed by atoms with Crippen molar-refractivity contribution < 1.29 is 4.79 Å². The highest BCUT2D eigenvalue weighted by atomic mass is 32.1. The summed E-state index contributed by atoms with van der Waals surface area (Å²) in [5.74, 6) is 5.61. The second-order valence-corrected chi connectivity index (χ2v) is 6.95. The molecular formula is C14H23N5OS. The Morgan fingerprint density at radius 3 is 3.19 bits per heavy atom. The lowest BCUT2D eigenvalue weighted by atomic mass is 9.84. The fraction of sp³-hybridized carbons (Fsp3) is 0.714. The third-order valence-electron chi connectivity index (χ3n) is 4.69. The quantitative estimate of drug-likeness (QED) is 0.487. The van der Waals surface area contributed by atoms with Crippen molar-refractivity contribution in [3.8, 4) is 0 Å². The minimum Gasteiger partial charge on any atom is -0.303 e. The van der Waals surface area contributed by atoms with E-state index in [0.717, 1.165) is 37.3 Å². The van der Waals surface area contributed by atoms with Crippen molar-refractivity contribution in [3.63, 3.8) is 0 Å². The molecule has 1 amide bonds. The van der Waals surface area contributed by atoms with Gasteiger partial charge in [0.25, 0.3) is 5.91 Å². The Morgan fingerprint density at radius 1 is 1.52 bits per heavy atom. The Kier molecular flexibility index (Phi) is 4.54. The normalized spacial score (nSPS) is 27.3. The van der Waals surface area contributed by atoms with E-state index in [1.165, 1.54) is 37.1 Å². The maximum absolute atomic E-state index is 11.4. The van der Waals surface area contributed by atoms with Gasteiger partial charge in [-0.05, 0) is 38.8 Å². The number of thiazole rings is 1. The smallest absolute Gasteiger partial charge is 0.294 e. The van der Waals surface area contributed by atoms with Gasteiger partial charge in [-0.1, -0.05) is 0 Å². The van der Waals surface area contributed by atoms with Crippen LogP contribution in [-0.2, 0) is 6.54 Å². The van der Waals surface area contributed by atoms with Gasteiger partial charge in [0.05, 0.1) is 5.69 Å². The van der Waals surface area contributed by atoms with Gasteiger partial charge in [-0.2, -0.15) is 0 Å². The number of fused-ring (bicyclic) bond motifs is 1. The van der Waals surface area contributed by atoms with Crippen LogP contribution in [0.3, 0.4) is 0 Å². The molecule has 2 unspecified atom stereocenters. The molecule has 0 radical (unpaired) electrons. The van der Waals surface area contributed by atoms with Crippen LogP contribution >= 0.6 is 11.3 Å².